The topological polar surface area (TPSA) is 152 Å². The van der Waals surface area contributed by atoms with E-state index in [4.69, 9.17) is 25.6 Å². The Labute approximate surface area is 270 Å². The fourth-order valence-corrected chi connectivity index (χ4v) is 5.00. The number of nitrogens with one attached hydrogen (secondary N) is 3. The van der Waals surface area contributed by atoms with E-state index in [1.54, 1.807) is 36.1 Å². The predicted molar refractivity (Wildman–Crippen MR) is 166 cm³/mol. The first kappa shape index (κ1) is 34.2. The van der Waals surface area contributed by atoms with Crippen molar-refractivity contribution in [2.75, 3.05) is 26.7 Å². The van der Waals surface area contributed by atoms with Gasteiger partial charge in [-0.2, -0.15) is 0 Å². The second-order valence-electron chi connectivity index (χ2n) is 10.7. The molecule has 0 saturated heterocycles. The van der Waals surface area contributed by atoms with Gasteiger partial charge in [-0.3, -0.25) is 19.2 Å². The third-order valence-electron chi connectivity index (χ3n) is 7.36. The minimum Gasteiger partial charge on any atom is -0.493 e. The zero-order valence-corrected chi connectivity index (χ0v) is 26.5. The van der Waals surface area contributed by atoms with Gasteiger partial charge in [-0.15, -0.1) is 0 Å². The van der Waals surface area contributed by atoms with Crippen molar-refractivity contribution in [3.05, 3.63) is 70.3 Å². The molecule has 246 valence electrons. The van der Waals surface area contributed by atoms with Crippen LogP contribution >= 0.6 is 11.6 Å². The quantitative estimate of drug-likeness (QED) is 0.370. The number of methoxy groups -OCH3 is 1. The second-order valence-corrected chi connectivity index (χ2v) is 11.1. The lowest BCUT2D eigenvalue weighted by Crippen LogP contribution is -2.46. The van der Waals surface area contributed by atoms with Gasteiger partial charge in [0.25, 0.3) is 5.91 Å². The Bertz CT molecular complexity index is 1550. The maximum atomic E-state index is 15.0. The fourth-order valence-electron chi connectivity index (χ4n) is 4.84. The molecule has 2 aliphatic rings. The first-order valence-electron chi connectivity index (χ1n) is 15.0. The van der Waals surface area contributed by atoms with Crippen LogP contribution in [0.25, 0.3) is 0 Å². The van der Waals surface area contributed by atoms with Crippen LogP contribution in [0.2, 0.25) is 5.15 Å². The average Bonchev–Trinajstić information content (AvgIpc) is 3.47. The van der Waals surface area contributed by atoms with E-state index in [2.05, 4.69) is 21.1 Å². The van der Waals surface area contributed by atoms with Gasteiger partial charge in [0.15, 0.2) is 28.2 Å². The van der Waals surface area contributed by atoms with E-state index in [0.717, 1.165) is 0 Å². The Kier molecular flexibility index (Phi) is 12.4. The minimum absolute atomic E-state index is 0.0265. The Morgan fingerprint density at radius 1 is 1.09 bits per heavy atom. The maximum absolute atomic E-state index is 15.0. The summed E-state index contributed by atoms with van der Waals surface area (Å²) < 4.78 is 31.2. The zero-order chi connectivity index (χ0) is 33.1. The molecule has 0 spiro atoms. The zero-order valence-electron chi connectivity index (χ0n) is 25.7. The third kappa shape index (κ3) is 9.67. The predicted octanol–water partition coefficient (Wildman–Crippen LogP) is 4.15. The van der Waals surface area contributed by atoms with Crippen LogP contribution in [0.3, 0.4) is 0 Å². The number of benzene rings is 2. The lowest BCUT2D eigenvalue weighted by molar-refractivity contribution is -0.132. The summed E-state index contributed by atoms with van der Waals surface area (Å²) in [5.41, 5.74) is 0.748. The molecule has 14 heteroatoms. The molecule has 3 N–H and O–H groups in total. The van der Waals surface area contributed by atoms with Crippen LogP contribution in [0.1, 0.15) is 60.7 Å². The van der Waals surface area contributed by atoms with Gasteiger partial charge in [-0.25, -0.2) is 4.39 Å². The Morgan fingerprint density at radius 3 is 2.61 bits per heavy atom. The van der Waals surface area contributed by atoms with E-state index in [-0.39, 0.29) is 65.9 Å². The third-order valence-corrected chi connectivity index (χ3v) is 7.54. The van der Waals surface area contributed by atoms with Crippen LogP contribution in [-0.2, 0) is 27.3 Å². The van der Waals surface area contributed by atoms with Gasteiger partial charge in [0.2, 0.25) is 17.7 Å². The smallest absolute Gasteiger partial charge is 0.251 e. The number of rotatable bonds is 5. The van der Waals surface area contributed by atoms with Crippen molar-refractivity contribution in [1.82, 2.24) is 26.0 Å². The van der Waals surface area contributed by atoms with Gasteiger partial charge in [-0.1, -0.05) is 29.7 Å². The summed E-state index contributed by atoms with van der Waals surface area (Å²) in [7, 11) is 1.43. The van der Waals surface area contributed by atoms with Crippen LogP contribution < -0.4 is 25.4 Å². The number of nitrogens with zero attached hydrogens (tertiary/aromatic N) is 2. The number of amides is 4. The monoisotopic (exact) mass is 657 g/mol. The Balaban J connectivity index is 1.51. The van der Waals surface area contributed by atoms with Gasteiger partial charge < -0.3 is 34.8 Å². The van der Waals surface area contributed by atoms with Crippen LogP contribution in [0, 0.1) is 5.82 Å². The van der Waals surface area contributed by atoms with Gasteiger partial charge in [0.05, 0.1) is 7.11 Å². The van der Waals surface area contributed by atoms with Crippen molar-refractivity contribution in [3.63, 3.8) is 0 Å². The number of fused-ring (bicyclic) bond motifs is 16. The standard InChI is InChI=1S/C32H37ClFN5O7/c1-3-24-32(43)36-19-20-7-10-25(23(34)16-20)45-27-17-21(8-11-26(27)44-2)31(42)35-13-5-15-39(14-4-6-29(40)37-24)30(41)12-9-22-18-28(33)38-46-22/h7-8,10-11,16-18,24H,3-6,9,12-15,19H2,1-2H3,(H,35,42)(H,36,43)(H,37,40)/t24-/m0/s1. The molecule has 1 atom stereocenters. The molecule has 12 nitrogen and oxygen atoms in total. The molecule has 1 aromatic heterocycles. The summed E-state index contributed by atoms with van der Waals surface area (Å²) in [6.45, 7) is 2.67. The number of aromatic nitrogens is 1. The first-order valence-corrected chi connectivity index (χ1v) is 15.4. The molecule has 0 saturated carbocycles. The summed E-state index contributed by atoms with van der Waals surface area (Å²) in [5, 5.41) is 12.1. The van der Waals surface area contributed by atoms with Crippen LogP contribution in [-0.4, -0.2) is 66.5 Å². The SMILES string of the molecule is CC[C@@H]1NC(=O)CCCN(C(=O)CCc2cc(Cl)no2)CCCNC(=O)c2ccc(OC)c(c2)Oc2ccc(cc2F)CNC1=O. The van der Waals surface area contributed by atoms with Gasteiger partial charge in [0, 0.05) is 57.1 Å². The molecule has 3 heterocycles. The summed E-state index contributed by atoms with van der Waals surface area (Å²) in [6.07, 6.45) is 1.67. The highest BCUT2D eigenvalue weighted by Crippen LogP contribution is 2.34. The van der Waals surface area contributed by atoms with Crippen LogP contribution in [0.15, 0.2) is 47.0 Å². The van der Waals surface area contributed by atoms with Crippen LogP contribution in [0.5, 0.6) is 17.2 Å². The number of carbonyl (C=O) groups excluding carboxylic acids is 4. The molecular weight excluding hydrogens is 621 g/mol. The molecule has 0 unspecified atom stereocenters. The fraction of sp³-hybridized carbons (Fsp3) is 0.406. The van der Waals surface area contributed by atoms with E-state index in [9.17, 15) is 19.2 Å². The van der Waals surface area contributed by atoms with Gasteiger partial charge in [0.1, 0.15) is 11.8 Å². The molecule has 0 aliphatic carbocycles. The molecule has 4 amide bonds. The first-order chi connectivity index (χ1) is 22.2. The van der Waals surface area contributed by atoms with Gasteiger partial charge >= 0.3 is 0 Å². The van der Waals surface area contributed by atoms with Crippen molar-refractivity contribution < 1.29 is 37.6 Å². The van der Waals surface area contributed by atoms with Crippen molar-refractivity contribution in [1.29, 1.82) is 0 Å². The molecule has 5 rings (SSSR count). The normalized spacial score (nSPS) is 17.0. The number of carbonyl (C=O) groups is 4. The summed E-state index contributed by atoms with van der Waals surface area (Å²) in [6, 6.07) is 9.59. The molecule has 2 aromatic carbocycles. The highest BCUT2D eigenvalue weighted by atomic mass is 35.5. The summed E-state index contributed by atoms with van der Waals surface area (Å²) >= 11 is 5.81. The molecule has 0 radical (unpaired) electrons. The van der Waals surface area contributed by atoms with E-state index < -0.39 is 17.8 Å². The average molecular weight is 658 g/mol. The highest BCUT2D eigenvalue weighted by Gasteiger charge is 2.21. The number of hydrogen-bond donors (Lipinski definition) is 3. The molecule has 4 bridgehead atoms. The largest absolute Gasteiger partial charge is 0.493 e. The Morgan fingerprint density at radius 2 is 1.89 bits per heavy atom. The van der Waals surface area contributed by atoms with E-state index in [0.29, 0.717) is 55.8 Å². The number of aryl methyl sites for hydroxylation is 1. The number of halogens is 2. The lowest BCUT2D eigenvalue weighted by atomic mass is 10.1. The molecule has 2 aliphatic heterocycles. The Hall–Kier alpha value is -4.65. The van der Waals surface area contributed by atoms with Crippen molar-refractivity contribution >= 4 is 35.2 Å². The molecule has 3 aromatic rings. The summed E-state index contributed by atoms with van der Waals surface area (Å²) in [5.74, 6) is -1.14. The van der Waals surface area contributed by atoms with Gasteiger partial charge in [-0.05, 0) is 55.2 Å². The lowest BCUT2D eigenvalue weighted by Gasteiger charge is -2.23. The molecular formula is C32H37ClFN5O7. The molecule has 46 heavy (non-hydrogen) atoms. The van der Waals surface area contributed by atoms with E-state index in [1.807, 2.05) is 0 Å². The van der Waals surface area contributed by atoms with Crippen LogP contribution in [0.4, 0.5) is 4.39 Å². The number of hydrogen-bond acceptors (Lipinski definition) is 8. The summed E-state index contributed by atoms with van der Waals surface area (Å²) in [4.78, 5) is 53.3. The molecule has 0 fully saturated rings. The number of ether oxygens (including phenoxy) is 2. The highest BCUT2D eigenvalue weighted by molar-refractivity contribution is 6.29. The maximum Gasteiger partial charge on any atom is 0.251 e. The van der Waals surface area contributed by atoms with Crippen molar-refractivity contribution in [3.8, 4) is 17.2 Å². The van der Waals surface area contributed by atoms with Crippen molar-refractivity contribution in [2.45, 2.75) is 58.0 Å². The minimum atomic E-state index is -0.781. The second kappa shape index (κ2) is 16.6. The van der Waals surface area contributed by atoms with E-state index in [1.165, 1.54) is 25.3 Å². The van der Waals surface area contributed by atoms with E-state index >= 15 is 4.39 Å². The van der Waals surface area contributed by atoms with Crippen molar-refractivity contribution in [2.24, 2.45) is 0 Å².